The monoisotopic (exact) mass is 151 g/mol. The van der Waals surface area contributed by atoms with E-state index in [2.05, 4.69) is 10.4 Å². The van der Waals surface area contributed by atoms with Crippen LogP contribution in [0.1, 0.15) is 12.1 Å². The third kappa shape index (κ3) is 1.43. The van der Waals surface area contributed by atoms with Crippen molar-refractivity contribution in [1.82, 2.24) is 15.1 Å². The van der Waals surface area contributed by atoms with Crippen LogP contribution < -0.4 is 5.32 Å². The molecule has 1 atom stereocenters. The molecule has 1 saturated heterocycles. The first-order chi connectivity index (χ1) is 5.34. The van der Waals surface area contributed by atoms with Crippen LogP contribution in [0.25, 0.3) is 0 Å². The van der Waals surface area contributed by atoms with Crippen LogP contribution in [-0.2, 0) is 6.54 Å². The van der Waals surface area contributed by atoms with E-state index in [1.165, 1.54) is 13.0 Å². The molecule has 0 radical (unpaired) electrons. The second kappa shape index (κ2) is 2.66. The van der Waals surface area contributed by atoms with Crippen LogP contribution in [0.3, 0.4) is 0 Å². The molecule has 1 aromatic heterocycles. The molecule has 1 aliphatic rings. The Morgan fingerprint density at radius 2 is 2.64 bits per heavy atom. The van der Waals surface area contributed by atoms with Gasteiger partial charge in [0.05, 0.1) is 12.2 Å². The summed E-state index contributed by atoms with van der Waals surface area (Å²) >= 11 is 0. The molecular weight excluding hydrogens is 138 g/mol. The molecule has 0 aliphatic carbocycles. The van der Waals surface area contributed by atoms with Crippen LogP contribution in [0.15, 0.2) is 12.3 Å². The van der Waals surface area contributed by atoms with Gasteiger partial charge in [-0.1, -0.05) is 0 Å². The molecular formula is C8H13N3. The highest BCUT2D eigenvalue weighted by Gasteiger charge is 2.16. The summed E-state index contributed by atoms with van der Waals surface area (Å²) in [5.41, 5.74) is 1.10. The van der Waals surface area contributed by atoms with E-state index in [0.717, 1.165) is 12.2 Å². The number of hydrogen-bond acceptors (Lipinski definition) is 2. The number of aryl methyl sites for hydroxylation is 1. The summed E-state index contributed by atoms with van der Waals surface area (Å²) in [4.78, 5) is 0. The number of rotatable bonds is 2. The minimum Gasteiger partial charge on any atom is -0.312 e. The van der Waals surface area contributed by atoms with Gasteiger partial charge in [0.1, 0.15) is 0 Å². The van der Waals surface area contributed by atoms with E-state index in [9.17, 15) is 0 Å². The van der Waals surface area contributed by atoms with Crippen molar-refractivity contribution in [2.75, 3.05) is 6.54 Å². The summed E-state index contributed by atoms with van der Waals surface area (Å²) in [5.74, 6) is 0. The van der Waals surface area contributed by atoms with Crippen LogP contribution in [0, 0.1) is 6.92 Å². The molecule has 11 heavy (non-hydrogen) atoms. The minimum absolute atomic E-state index is 0.661. The van der Waals surface area contributed by atoms with E-state index < -0.39 is 0 Å². The van der Waals surface area contributed by atoms with Gasteiger partial charge in [-0.3, -0.25) is 4.68 Å². The summed E-state index contributed by atoms with van der Waals surface area (Å²) in [5, 5.41) is 7.65. The van der Waals surface area contributed by atoms with Gasteiger partial charge in [0.2, 0.25) is 0 Å². The summed E-state index contributed by atoms with van der Waals surface area (Å²) < 4.78 is 2.01. The van der Waals surface area contributed by atoms with E-state index in [4.69, 9.17) is 0 Å². The molecule has 2 rings (SSSR count). The molecule has 60 valence electrons. The Labute approximate surface area is 66.4 Å². The van der Waals surface area contributed by atoms with Crippen molar-refractivity contribution in [3.8, 4) is 0 Å². The van der Waals surface area contributed by atoms with Crippen molar-refractivity contribution in [1.29, 1.82) is 0 Å². The third-order valence-corrected chi connectivity index (χ3v) is 2.11. The lowest BCUT2D eigenvalue weighted by molar-refractivity contribution is 0.318. The fraction of sp³-hybridized carbons (Fsp3) is 0.625. The molecule has 0 spiro atoms. The largest absolute Gasteiger partial charge is 0.312 e. The predicted molar refractivity (Wildman–Crippen MR) is 43.4 cm³/mol. The van der Waals surface area contributed by atoms with Crippen LogP contribution in [0.5, 0.6) is 0 Å². The smallest absolute Gasteiger partial charge is 0.0593 e. The second-order valence-electron chi connectivity index (χ2n) is 3.12. The maximum absolute atomic E-state index is 4.31. The van der Waals surface area contributed by atoms with Crippen LogP contribution in [0.4, 0.5) is 0 Å². The van der Waals surface area contributed by atoms with Gasteiger partial charge in [0.25, 0.3) is 0 Å². The number of nitrogens with one attached hydrogen (secondary N) is 1. The van der Waals surface area contributed by atoms with Gasteiger partial charge in [0.15, 0.2) is 0 Å². The second-order valence-corrected chi connectivity index (χ2v) is 3.12. The molecule has 3 nitrogen and oxygen atoms in total. The summed E-state index contributed by atoms with van der Waals surface area (Å²) in [6.45, 7) is 4.21. The van der Waals surface area contributed by atoms with E-state index >= 15 is 0 Å². The van der Waals surface area contributed by atoms with Crippen molar-refractivity contribution in [2.24, 2.45) is 0 Å². The van der Waals surface area contributed by atoms with Gasteiger partial charge in [-0.25, -0.2) is 0 Å². The Balaban J connectivity index is 1.95. The molecule has 0 aromatic carbocycles. The lowest BCUT2D eigenvalue weighted by atomic mass is 10.1. The molecule has 1 unspecified atom stereocenters. The van der Waals surface area contributed by atoms with Crippen molar-refractivity contribution in [2.45, 2.75) is 25.9 Å². The fourth-order valence-electron chi connectivity index (χ4n) is 1.29. The summed E-state index contributed by atoms with van der Waals surface area (Å²) in [6, 6.07) is 2.70. The van der Waals surface area contributed by atoms with E-state index in [-0.39, 0.29) is 0 Å². The van der Waals surface area contributed by atoms with Crippen molar-refractivity contribution in [3.63, 3.8) is 0 Å². The van der Waals surface area contributed by atoms with Gasteiger partial charge in [-0.05, 0) is 26.0 Å². The number of aromatic nitrogens is 2. The Morgan fingerprint density at radius 1 is 1.82 bits per heavy atom. The van der Waals surface area contributed by atoms with Gasteiger partial charge in [-0.2, -0.15) is 5.10 Å². The first-order valence-electron chi connectivity index (χ1n) is 4.08. The van der Waals surface area contributed by atoms with Crippen LogP contribution in [-0.4, -0.2) is 22.4 Å². The van der Waals surface area contributed by atoms with Crippen LogP contribution in [0.2, 0.25) is 0 Å². The van der Waals surface area contributed by atoms with Crippen molar-refractivity contribution < 1.29 is 0 Å². The zero-order valence-electron chi connectivity index (χ0n) is 6.75. The van der Waals surface area contributed by atoms with E-state index in [1.54, 1.807) is 0 Å². The van der Waals surface area contributed by atoms with Gasteiger partial charge < -0.3 is 5.32 Å². The molecule has 1 aliphatic heterocycles. The van der Waals surface area contributed by atoms with Crippen molar-refractivity contribution >= 4 is 0 Å². The zero-order valence-corrected chi connectivity index (χ0v) is 6.75. The first kappa shape index (κ1) is 6.85. The molecule has 3 heteroatoms. The zero-order chi connectivity index (χ0) is 7.68. The number of nitrogens with zero attached hydrogens (tertiary/aromatic N) is 2. The van der Waals surface area contributed by atoms with Gasteiger partial charge >= 0.3 is 0 Å². The lowest BCUT2D eigenvalue weighted by Crippen LogP contribution is -2.45. The minimum atomic E-state index is 0.661. The first-order valence-corrected chi connectivity index (χ1v) is 4.08. The molecule has 0 saturated carbocycles. The predicted octanol–water partition coefficient (Wildman–Crippen LogP) is 0.553. The van der Waals surface area contributed by atoms with Gasteiger partial charge in [-0.15, -0.1) is 0 Å². The molecule has 1 aromatic rings. The molecule has 1 N–H and O–H groups in total. The quantitative estimate of drug-likeness (QED) is 0.669. The van der Waals surface area contributed by atoms with Crippen molar-refractivity contribution in [3.05, 3.63) is 18.0 Å². The SMILES string of the molecule is Cc1ccn(CC2CCN2)n1. The molecule has 0 bridgehead atoms. The van der Waals surface area contributed by atoms with Crippen LogP contribution >= 0.6 is 0 Å². The third-order valence-electron chi connectivity index (χ3n) is 2.11. The normalized spacial score (nSPS) is 23.2. The van der Waals surface area contributed by atoms with E-state index in [1.807, 2.05) is 23.9 Å². The standard InChI is InChI=1S/C8H13N3/c1-7-3-5-11(10-7)6-8-2-4-9-8/h3,5,8-9H,2,4,6H2,1H3. The molecule has 0 amide bonds. The number of hydrogen-bond donors (Lipinski definition) is 1. The Bertz CT molecular complexity index is 237. The average Bonchev–Trinajstić information content (AvgIpc) is 2.27. The summed E-state index contributed by atoms with van der Waals surface area (Å²) in [6.07, 6.45) is 3.33. The maximum atomic E-state index is 4.31. The highest BCUT2D eigenvalue weighted by atomic mass is 15.3. The Hall–Kier alpha value is -0.830. The van der Waals surface area contributed by atoms with Gasteiger partial charge in [0, 0.05) is 12.2 Å². The Morgan fingerprint density at radius 3 is 3.09 bits per heavy atom. The highest BCUT2D eigenvalue weighted by Crippen LogP contribution is 2.04. The van der Waals surface area contributed by atoms with E-state index in [0.29, 0.717) is 6.04 Å². The molecule has 2 heterocycles. The fourth-order valence-corrected chi connectivity index (χ4v) is 1.29. The topological polar surface area (TPSA) is 29.9 Å². The summed E-state index contributed by atoms with van der Waals surface area (Å²) in [7, 11) is 0. The maximum Gasteiger partial charge on any atom is 0.0593 e. The lowest BCUT2D eigenvalue weighted by Gasteiger charge is -2.27. The average molecular weight is 151 g/mol. The highest BCUT2D eigenvalue weighted by molar-refractivity contribution is 4.95. The Kier molecular flexibility index (Phi) is 1.66. The molecule has 1 fully saturated rings.